The van der Waals surface area contributed by atoms with E-state index in [1.807, 2.05) is 30.3 Å². The van der Waals surface area contributed by atoms with E-state index in [1.165, 1.54) is 16.7 Å². The highest BCUT2D eigenvalue weighted by atomic mass is 16.2. The van der Waals surface area contributed by atoms with Gasteiger partial charge in [0.1, 0.15) is 0 Å². The van der Waals surface area contributed by atoms with Gasteiger partial charge in [0.05, 0.1) is 0 Å². The van der Waals surface area contributed by atoms with E-state index < -0.39 is 0 Å². The molecule has 1 aromatic rings. The van der Waals surface area contributed by atoms with E-state index in [-0.39, 0.29) is 6.61 Å². The number of fused-ring (bicyclic) bond motifs is 1. The summed E-state index contributed by atoms with van der Waals surface area (Å²) in [6.45, 7) is 0.240. The summed E-state index contributed by atoms with van der Waals surface area (Å²) in [6, 6.07) is 18.4. The summed E-state index contributed by atoms with van der Waals surface area (Å²) in [4.78, 5) is 0. The molecule has 1 heteroatoms. The Morgan fingerprint density at radius 1 is 0.733 bits per heavy atom. The van der Waals surface area contributed by atoms with Gasteiger partial charge in [0.25, 0.3) is 0 Å². The van der Waals surface area contributed by atoms with Crippen molar-refractivity contribution in [2.45, 2.75) is 6.42 Å². The van der Waals surface area contributed by atoms with Crippen LogP contribution in [0.3, 0.4) is 0 Å². The molecule has 0 heterocycles. The van der Waals surface area contributed by atoms with Crippen LogP contribution in [-0.2, 0) is 6.42 Å². The van der Waals surface area contributed by atoms with E-state index in [9.17, 15) is 0 Å². The third-order valence-corrected chi connectivity index (χ3v) is 2.46. The highest BCUT2D eigenvalue weighted by molar-refractivity contribution is 5.75. The second-order valence-electron chi connectivity index (χ2n) is 3.54. The highest BCUT2D eigenvalue weighted by Crippen LogP contribution is 2.29. The Bertz CT molecular complexity index is 382. The number of aliphatic hydroxyl groups excluding tert-OH is 1. The monoisotopic (exact) mass is 198 g/mol. The van der Waals surface area contributed by atoms with E-state index in [0.717, 1.165) is 6.42 Å². The number of hydrogen-bond donors (Lipinski definition) is 1. The van der Waals surface area contributed by atoms with Crippen LogP contribution >= 0.6 is 0 Å². The van der Waals surface area contributed by atoms with E-state index >= 15 is 0 Å². The zero-order valence-electron chi connectivity index (χ0n) is 8.56. The van der Waals surface area contributed by atoms with Crippen LogP contribution in [-0.4, -0.2) is 11.7 Å². The molecule has 1 aromatic carbocycles. The Morgan fingerprint density at radius 2 is 1.27 bits per heavy atom. The van der Waals surface area contributed by atoms with Crippen molar-refractivity contribution in [1.29, 1.82) is 0 Å². The second-order valence-corrected chi connectivity index (χ2v) is 3.54. The molecule has 3 rings (SSSR count). The Hall–Kier alpha value is -1.60. The number of hydrogen-bond acceptors (Lipinski definition) is 1. The third-order valence-electron chi connectivity index (χ3n) is 2.46. The lowest BCUT2D eigenvalue weighted by Gasteiger charge is -2.10. The standard InChI is InChI=1S/C8H10O.C6H4/c9-7-6-8-4-2-1-3-5-8;1-2-6-4-3-5(1)6/h1-5,9H,6-7H2;1-4H. The highest BCUT2D eigenvalue weighted by Gasteiger charge is 2.03. The molecule has 0 aliphatic heterocycles. The molecule has 0 unspecified atom stereocenters. The summed E-state index contributed by atoms with van der Waals surface area (Å²) in [5.41, 5.74) is 4.05. The summed E-state index contributed by atoms with van der Waals surface area (Å²) in [5.74, 6) is 0. The first-order chi connectivity index (χ1) is 7.40. The Morgan fingerprint density at radius 3 is 1.60 bits per heavy atom. The molecule has 0 saturated heterocycles. The average molecular weight is 198 g/mol. The maximum Gasteiger partial charge on any atom is 0.0471 e. The van der Waals surface area contributed by atoms with Gasteiger partial charge in [-0.2, -0.15) is 0 Å². The average Bonchev–Trinajstić information content (AvgIpc) is 2.26. The number of rotatable bonds is 2. The minimum atomic E-state index is 0.240. The van der Waals surface area contributed by atoms with Crippen LogP contribution in [0.15, 0.2) is 54.6 Å². The Kier molecular flexibility index (Phi) is 3.15. The second kappa shape index (κ2) is 4.76. The van der Waals surface area contributed by atoms with E-state index in [1.54, 1.807) is 0 Å². The third kappa shape index (κ3) is 2.45. The molecule has 2 aliphatic rings. The topological polar surface area (TPSA) is 20.2 Å². The van der Waals surface area contributed by atoms with Crippen molar-refractivity contribution in [2.75, 3.05) is 6.61 Å². The molecule has 15 heavy (non-hydrogen) atoms. The zero-order valence-corrected chi connectivity index (χ0v) is 8.56. The van der Waals surface area contributed by atoms with Crippen LogP contribution in [0.25, 0.3) is 11.1 Å². The predicted molar refractivity (Wildman–Crippen MR) is 62.7 cm³/mol. The van der Waals surface area contributed by atoms with Gasteiger partial charge in [0.15, 0.2) is 0 Å². The minimum absolute atomic E-state index is 0.240. The van der Waals surface area contributed by atoms with Crippen molar-refractivity contribution in [1.82, 2.24) is 0 Å². The lowest BCUT2D eigenvalue weighted by Crippen LogP contribution is -1.88. The molecular weight excluding hydrogens is 184 g/mol. The summed E-state index contributed by atoms with van der Waals surface area (Å²) in [6.07, 6.45) is 0.765. The molecule has 0 spiro atoms. The van der Waals surface area contributed by atoms with Crippen molar-refractivity contribution in [3.8, 4) is 11.1 Å². The molecule has 76 valence electrons. The summed E-state index contributed by atoms with van der Waals surface area (Å²) >= 11 is 0. The Labute approximate surface area is 90.0 Å². The lowest BCUT2D eigenvalue weighted by molar-refractivity contribution is 0.299. The maximum absolute atomic E-state index is 8.52. The first-order valence-electron chi connectivity index (χ1n) is 5.15. The predicted octanol–water partition coefficient (Wildman–Crippen LogP) is 2.89. The van der Waals surface area contributed by atoms with Crippen LogP contribution in [0, 0.1) is 0 Å². The van der Waals surface area contributed by atoms with Crippen LogP contribution in [0.5, 0.6) is 0 Å². The maximum atomic E-state index is 8.52. The van der Waals surface area contributed by atoms with E-state index in [4.69, 9.17) is 5.11 Å². The fraction of sp³-hybridized carbons (Fsp3) is 0.143. The summed E-state index contributed by atoms with van der Waals surface area (Å²) < 4.78 is 0. The van der Waals surface area contributed by atoms with Crippen molar-refractivity contribution < 1.29 is 5.11 Å². The van der Waals surface area contributed by atoms with Crippen LogP contribution in [0.2, 0.25) is 0 Å². The van der Waals surface area contributed by atoms with E-state index in [0.29, 0.717) is 0 Å². The van der Waals surface area contributed by atoms with Gasteiger partial charge in [-0.15, -0.1) is 0 Å². The van der Waals surface area contributed by atoms with Gasteiger partial charge in [0, 0.05) is 6.61 Å². The lowest BCUT2D eigenvalue weighted by atomic mass is 9.95. The van der Waals surface area contributed by atoms with Gasteiger partial charge in [0.2, 0.25) is 0 Å². The largest absolute Gasteiger partial charge is 0.396 e. The van der Waals surface area contributed by atoms with Crippen molar-refractivity contribution >= 4 is 0 Å². The molecule has 0 aromatic heterocycles. The molecule has 0 atom stereocenters. The molecule has 0 bridgehead atoms. The summed E-state index contributed by atoms with van der Waals surface area (Å²) in [7, 11) is 0. The Balaban J connectivity index is 0.000000121. The van der Waals surface area contributed by atoms with Gasteiger partial charge in [-0.3, -0.25) is 0 Å². The van der Waals surface area contributed by atoms with Crippen LogP contribution in [0.1, 0.15) is 5.56 Å². The first kappa shape index (κ1) is 9.94. The first-order valence-corrected chi connectivity index (χ1v) is 5.15. The van der Waals surface area contributed by atoms with Gasteiger partial charge in [-0.1, -0.05) is 54.6 Å². The molecule has 1 nitrogen and oxygen atoms in total. The normalized spacial score (nSPS) is 10.2. The van der Waals surface area contributed by atoms with Crippen molar-refractivity contribution in [3.05, 3.63) is 60.2 Å². The van der Waals surface area contributed by atoms with Gasteiger partial charge >= 0.3 is 0 Å². The van der Waals surface area contributed by atoms with Gasteiger partial charge < -0.3 is 5.11 Å². The van der Waals surface area contributed by atoms with E-state index in [2.05, 4.69) is 24.3 Å². The molecule has 0 radical (unpaired) electrons. The molecule has 0 amide bonds. The zero-order chi connectivity index (χ0) is 10.5. The molecular formula is C14H14O. The van der Waals surface area contributed by atoms with Crippen LogP contribution < -0.4 is 0 Å². The quantitative estimate of drug-likeness (QED) is 0.671. The molecule has 0 fully saturated rings. The smallest absolute Gasteiger partial charge is 0.0471 e. The summed E-state index contributed by atoms with van der Waals surface area (Å²) in [5, 5.41) is 8.52. The molecule has 2 aliphatic carbocycles. The van der Waals surface area contributed by atoms with Crippen molar-refractivity contribution in [3.63, 3.8) is 0 Å². The number of aliphatic hydroxyl groups is 1. The molecule has 0 saturated carbocycles. The molecule has 1 N–H and O–H groups in total. The fourth-order valence-corrected chi connectivity index (χ4v) is 1.44. The SMILES string of the molecule is OCCc1ccccc1.c1cc2ccc1-2. The van der Waals surface area contributed by atoms with Gasteiger partial charge in [-0.05, 0) is 23.1 Å². The van der Waals surface area contributed by atoms with Gasteiger partial charge in [-0.25, -0.2) is 0 Å². The number of benzene rings is 2. The van der Waals surface area contributed by atoms with Crippen LogP contribution in [0.4, 0.5) is 0 Å². The van der Waals surface area contributed by atoms with Crippen molar-refractivity contribution in [2.24, 2.45) is 0 Å². The minimum Gasteiger partial charge on any atom is -0.396 e. The fourth-order valence-electron chi connectivity index (χ4n) is 1.44.